The first kappa shape index (κ1) is 17.5. The quantitative estimate of drug-likeness (QED) is 0.750. The fourth-order valence-electron chi connectivity index (χ4n) is 2.43. The Morgan fingerprint density at radius 2 is 1.81 bits per heavy atom. The van der Waals surface area contributed by atoms with Gasteiger partial charge in [0.25, 0.3) is 0 Å². The van der Waals surface area contributed by atoms with E-state index in [0.717, 1.165) is 11.1 Å². The number of amides is 2. The van der Waals surface area contributed by atoms with Crippen molar-refractivity contribution in [3.8, 4) is 11.5 Å². The Bertz CT molecular complexity index is 803. The lowest BCUT2D eigenvalue weighted by molar-refractivity contribution is -0.121. The fourth-order valence-corrected chi connectivity index (χ4v) is 2.43. The molecule has 0 saturated heterocycles. The third-order valence-electron chi connectivity index (χ3n) is 3.80. The average Bonchev–Trinajstić information content (AvgIpc) is 3.13. The van der Waals surface area contributed by atoms with Crippen LogP contribution in [0.4, 0.5) is 0 Å². The van der Waals surface area contributed by atoms with Crippen LogP contribution >= 0.6 is 0 Å². The van der Waals surface area contributed by atoms with E-state index in [-0.39, 0.29) is 31.6 Å². The van der Waals surface area contributed by atoms with Crippen LogP contribution in [0.2, 0.25) is 0 Å². The first-order valence-electron chi connectivity index (χ1n) is 8.37. The summed E-state index contributed by atoms with van der Waals surface area (Å²) in [6.07, 6.45) is 3.41. The minimum Gasteiger partial charge on any atom is -0.454 e. The molecule has 1 aliphatic heterocycles. The number of ether oxygens (including phenoxy) is 2. The second kappa shape index (κ2) is 8.71. The van der Waals surface area contributed by atoms with E-state index in [2.05, 4.69) is 10.6 Å². The molecule has 2 amide bonds. The summed E-state index contributed by atoms with van der Waals surface area (Å²) in [7, 11) is 0. The maximum atomic E-state index is 11.9. The van der Waals surface area contributed by atoms with Crippen LogP contribution in [0.15, 0.2) is 54.6 Å². The van der Waals surface area contributed by atoms with E-state index in [9.17, 15) is 9.59 Å². The van der Waals surface area contributed by atoms with Crippen LogP contribution in [0.1, 0.15) is 17.5 Å². The Morgan fingerprint density at radius 1 is 1.00 bits per heavy atom. The zero-order chi connectivity index (χ0) is 18.2. The Hall–Kier alpha value is -3.28. The van der Waals surface area contributed by atoms with E-state index in [1.165, 1.54) is 6.08 Å². The molecule has 0 spiro atoms. The van der Waals surface area contributed by atoms with Crippen LogP contribution in [-0.4, -0.2) is 25.2 Å². The first-order chi connectivity index (χ1) is 12.7. The van der Waals surface area contributed by atoms with Crippen LogP contribution < -0.4 is 20.1 Å². The van der Waals surface area contributed by atoms with Gasteiger partial charge in [-0.05, 0) is 29.3 Å². The molecule has 2 N–H and O–H groups in total. The van der Waals surface area contributed by atoms with Crippen molar-refractivity contribution in [1.29, 1.82) is 0 Å². The van der Waals surface area contributed by atoms with Crippen molar-refractivity contribution in [2.45, 2.75) is 13.0 Å². The number of hydrogen-bond donors (Lipinski definition) is 2. The van der Waals surface area contributed by atoms with Gasteiger partial charge in [0.15, 0.2) is 11.5 Å². The predicted octanol–water partition coefficient (Wildman–Crippen LogP) is 2.25. The standard InChI is InChI=1S/C20H20N2O4/c23-19(9-7-15-4-2-1-3-5-15)21-11-10-20(24)22-13-16-6-8-17-18(12-16)26-14-25-17/h1-9,12H,10-11,13-14H2,(H,21,23)(H,22,24)/b9-7+. The zero-order valence-electron chi connectivity index (χ0n) is 14.2. The molecule has 0 aliphatic carbocycles. The topological polar surface area (TPSA) is 76.7 Å². The highest BCUT2D eigenvalue weighted by Crippen LogP contribution is 2.32. The Kier molecular flexibility index (Phi) is 5.88. The van der Waals surface area contributed by atoms with Crippen molar-refractivity contribution in [3.05, 3.63) is 65.7 Å². The van der Waals surface area contributed by atoms with Crippen molar-refractivity contribution in [1.82, 2.24) is 10.6 Å². The largest absolute Gasteiger partial charge is 0.454 e. The third kappa shape index (κ3) is 5.11. The van der Waals surface area contributed by atoms with Gasteiger partial charge in [-0.2, -0.15) is 0 Å². The van der Waals surface area contributed by atoms with Crippen molar-refractivity contribution < 1.29 is 19.1 Å². The molecule has 0 fully saturated rings. The van der Waals surface area contributed by atoms with E-state index in [0.29, 0.717) is 18.0 Å². The summed E-state index contributed by atoms with van der Waals surface area (Å²) in [6, 6.07) is 15.1. The number of benzene rings is 2. The molecule has 3 rings (SSSR count). The van der Waals surface area contributed by atoms with Crippen molar-refractivity contribution in [2.75, 3.05) is 13.3 Å². The molecule has 0 bridgehead atoms. The van der Waals surface area contributed by atoms with Crippen molar-refractivity contribution >= 4 is 17.9 Å². The van der Waals surface area contributed by atoms with Gasteiger partial charge in [-0.25, -0.2) is 0 Å². The molecule has 2 aromatic rings. The van der Waals surface area contributed by atoms with Crippen LogP contribution in [-0.2, 0) is 16.1 Å². The molecule has 6 heteroatoms. The van der Waals surface area contributed by atoms with Gasteiger partial charge in [0.2, 0.25) is 18.6 Å². The Labute approximate surface area is 151 Å². The van der Waals surface area contributed by atoms with Gasteiger partial charge >= 0.3 is 0 Å². The average molecular weight is 352 g/mol. The van der Waals surface area contributed by atoms with Crippen LogP contribution in [0.5, 0.6) is 11.5 Å². The van der Waals surface area contributed by atoms with Crippen LogP contribution in [0, 0.1) is 0 Å². The minimum absolute atomic E-state index is 0.130. The maximum absolute atomic E-state index is 11.9. The van der Waals surface area contributed by atoms with Crippen LogP contribution in [0.25, 0.3) is 6.08 Å². The van der Waals surface area contributed by atoms with E-state index >= 15 is 0 Å². The summed E-state index contributed by atoms with van der Waals surface area (Å²) in [4.78, 5) is 23.6. The molecule has 0 atom stereocenters. The lowest BCUT2D eigenvalue weighted by Gasteiger charge is -2.06. The van der Waals surface area contributed by atoms with Crippen molar-refractivity contribution in [3.63, 3.8) is 0 Å². The number of hydrogen-bond acceptors (Lipinski definition) is 4. The number of carbonyl (C=O) groups excluding carboxylic acids is 2. The summed E-state index contributed by atoms with van der Waals surface area (Å²) < 4.78 is 10.6. The molecule has 6 nitrogen and oxygen atoms in total. The van der Waals surface area contributed by atoms with E-state index in [1.807, 2.05) is 48.5 Å². The summed E-state index contributed by atoms with van der Waals surface area (Å²) in [5.74, 6) is 1.05. The summed E-state index contributed by atoms with van der Waals surface area (Å²) in [6.45, 7) is 0.909. The van der Waals surface area contributed by atoms with Gasteiger partial charge in [-0.3, -0.25) is 9.59 Å². The second-order valence-corrected chi connectivity index (χ2v) is 5.75. The minimum atomic E-state index is -0.225. The van der Waals surface area contributed by atoms with Gasteiger partial charge in [0.1, 0.15) is 0 Å². The lowest BCUT2D eigenvalue weighted by atomic mass is 10.2. The molecule has 0 radical (unpaired) electrons. The summed E-state index contributed by atoms with van der Waals surface area (Å²) in [5.41, 5.74) is 1.88. The molecular weight excluding hydrogens is 332 g/mol. The molecule has 0 saturated carbocycles. The van der Waals surface area contributed by atoms with Gasteiger partial charge in [-0.15, -0.1) is 0 Å². The number of carbonyl (C=O) groups is 2. The van der Waals surface area contributed by atoms with Gasteiger partial charge in [0.05, 0.1) is 0 Å². The van der Waals surface area contributed by atoms with E-state index in [1.54, 1.807) is 6.08 Å². The van der Waals surface area contributed by atoms with Gasteiger partial charge in [0, 0.05) is 25.6 Å². The van der Waals surface area contributed by atoms with E-state index < -0.39 is 0 Å². The van der Waals surface area contributed by atoms with E-state index in [4.69, 9.17) is 9.47 Å². The molecular formula is C20H20N2O4. The number of rotatable bonds is 7. The lowest BCUT2D eigenvalue weighted by Crippen LogP contribution is -2.29. The molecule has 2 aromatic carbocycles. The highest BCUT2D eigenvalue weighted by Gasteiger charge is 2.13. The smallest absolute Gasteiger partial charge is 0.244 e. The molecule has 26 heavy (non-hydrogen) atoms. The monoisotopic (exact) mass is 352 g/mol. The second-order valence-electron chi connectivity index (χ2n) is 5.75. The summed E-state index contributed by atoms with van der Waals surface area (Å²) in [5, 5.41) is 5.51. The van der Waals surface area contributed by atoms with Crippen LogP contribution in [0.3, 0.4) is 0 Å². The highest BCUT2D eigenvalue weighted by molar-refractivity contribution is 5.92. The SMILES string of the molecule is O=C(/C=C/c1ccccc1)NCCC(=O)NCc1ccc2c(c1)OCO2. The molecule has 0 aromatic heterocycles. The summed E-state index contributed by atoms with van der Waals surface area (Å²) >= 11 is 0. The normalized spacial score (nSPS) is 12.2. The number of nitrogens with one attached hydrogen (secondary N) is 2. The Morgan fingerprint density at radius 3 is 2.65 bits per heavy atom. The molecule has 1 heterocycles. The highest BCUT2D eigenvalue weighted by atomic mass is 16.7. The molecule has 134 valence electrons. The van der Waals surface area contributed by atoms with Gasteiger partial charge < -0.3 is 20.1 Å². The maximum Gasteiger partial charge on any atom is 0.244 e. The molecule has 1 aliphatic rings. The number of fused-ring (bicyclic) bond motifs is 1. The first-order valence-corrected chi connectivity index (χ1v) is 8.37. The van der Waals surface area contributed by atoms with Crippen molar-refractivity contribution in [2.24, 2.45) is 0 Å². The predicted molar refractivity (Wildman–Crippen MR) is 97.5 cm³/mol. The van der Waals surface area contributed by atoms with Gasteiger partial charge in [-0.1, -0.05) is 36.4 Å². The molecule has 0 unspecified atom stereocenters. The third-order valence-corrected chi connectivity index (χ3v) is 3.80. The fraction of sp³-hybridized carbons (Fsp3) is 0.200. The Balaban J connectivity index is 1.35. The zero-order valence-corrected chi connectivity index (χ0v) is 14.2.